The van der Waals surface area contributed by atoms with Crippen LogP contribution in [0.4, 0.5) is 11.4 Å². The third kappa shape index (κ3) is 6.25. The van der Waals surface area contributed by atoms with Crippen molar-refractivity contribution in [3.63, 3.8) is 0 Å². The second kappa shape index (κ2) is 11.5. The molecule has 188 valence electrons. The van der Waals surface area contributed by atoms with Crippen molar-refractivity contribution >= 4 is 33.0 Å². The Hall–Kier alpha value is -4.25. The Morgan fingerprint density at radius 2 is 1.69 bits per heavy atom. The first-order valence-electron chi connectivity index (χ1n) is 11.0. The molecule has 10 nitrogen and oxygen atoms in total. The highest BCUT2D eigenvalue weighted by molar-refractivity contribution is 7.92. The highest BCUT2D eigenvalue weighted by Gasteiger charge is 2.29. The molecule has 0 bridgehead atoms. The zero-order valence-electron chi connectivity index (χ0n) is 20.0. The Balaban J connectivity index is 1.90. The van der Waals surface area contributed by atoms with E-state index in [1.54, 1.807) is 50.2 Å². The van der Waals surface area contributed by atoms with Gasteiger partial charge in [-0.2, -0.15) is 5.10 Å². The number of carbonyl (C=O) groups excluding carboxylic acids is 1. The van der Waals surface area contributed by atoms with Crippen LogP contribution in [0.1, 0.15) is 25.0 Å². The summed E-state index contributed by atoms with van der Waals surface area (Å²) in [4.78, 5) is 23.2. The summed E-state index contributed by atoms with van der Waals surface area (Å²) in [5, 5.41) is 14.9. The molecule has 0 fully saturated rings. The van der Waals surface area contributed by atoms with E-state index in [2.05, 4.69) is 10.5 Å². The van der Waals surface area contributed by atoms with Crippen molar-refractivity contribution in [1.82, 2.24) is 5.43 Å². The molecule has 1 N–H and O–H groups in total. The van der Waals surface area contributed by atoms with Gasteiger partial charge in [-0.1, -0.05) is 29.8 Å². The number of ether oxygens (including phenoxy) is 1. The zero-order chi connectivity index (χ0) is 26.3. The molecule has 3 aromatic rings. The lowest BCUT2D eigenvalue weighted by atomic mass is 10.1. The monoisotopic (exact) mass is 510 g/mol. The highest BCUT2D eigenvalue weighted by atomic mass is 32.2. The third-order valence-corrected chi connectivity index (χ3v) is 6.95. The van der Waals surface area contributed by atoms with Gasteiger partial charge in [0.2, 0.25) is 0 Å². The van der Waals surface area contributed by atoms with Gasteiger partial charge in [-0.25, -0.2) is 13.8 Å². The summed E-state index contributed by atoms with van der Waals surface area (Å²) in [5.74, 6) is -0.368. The number of hydrogen-bond donors (Lipinski definition) is 1. The standard InChI is InChI=1S/C25H26N4O6S/c1-4-35-24-8-6-5-7-23(24)28(36(33,34)22-15-9-18(2)10-16-22)17-25(30)27-26-19(3)20-11-13-21(14-12-20)29(31)32/h5-16H,4,17H2,1-3H3,(H,27,30)/b26-19-. The molecule has 0 unspecified atom stereocenters. The Morgan fingerprint density at radius 3 is 2.31 bits per heavy atom. The van der Waals surface area contributed by atoms with Crippen LogP contribution in [0.3, 0.4) is 0 Å². The summed E-state index contributed by atoms with van der Waals surface area (Å²) in [6, 6.07) is 18.6. The number of nitro groups is 1. The van der Waals surface area contributed by atoms with Crippen molar-refractivity contribution in [3.8, 4) is 5.75 Å². The number of rotatable bonds is 10. The Morgan fingerprint density at radius 1 is 1.06 bits per heavy atom. The van der Waals surface area contributed by atoms with E-state index < -0.39 is 27.4 Å². The van der Waals surface area contributed by atoms with Gasteiger partial charge in [-0.05, 0) is 62.7 Å². The second-order valence-corrected chi connectivity index (χ2v) is 9.62. The van der Waals surface area contributed by atoms with E-state index in [-0.39, 0.29) is 16.3 Å². The van der Waals surface area contributed by atoms with E-state index in [0.29, 0.717) is 23.6 Å². The molecule has 0 atom stereocenters. The van der Waals surface area contributed by atoms with Crippen molar-refractivity contribution in [1.29, 1.82) is 0 Å². The van der Waals surface area contributed by atoms with Gasteiger partial charge in [0.25, 0.3) is 21.6 Å². The predicted octanol–water partition coefficient (Wildman–Crippen LogP) is 4.04. The topological polar surface area (TPSA) is 131 Å². The first-order valence-corrected chi connectivity index (χ1v) is 12.5. The van der Waals surface area contributed by atoms with Crippen LogP contribution in [0.5, 0.6) is 5.75 Å². The summed E-state index contributed by atoms with van der Waals surface area (Å²) in [6.45, 7) is 4.99. The van der Waals surface area contributed by atoms with Gasteiger partial charge in [0.05, 0.1) is 27.8 Å². The molecule has 3 rings (SSSR count). The van der Waals surface area contributed by atoms with Crippen molar-refractivity contribution < 1.29 is 22.9 Å². The molecular weight excluding hydrogens is 484 g/mol. The van der Waals surface area contributed by atoms with E-state index in [4.69, 9.17) is 4.74 Å². The quantitative estimate of drug-likeness (QED) is 0.249. The van der Waals surface area contributed by atoms with Gasteiger partial charge in [-0.15, -0.1) is 0 Å². The maximum atomic E-state index is 13.6. The molecule has 1 amide bonds. The lowest BCUT2D eigenvalue weighted by Crippen LogP contribution is -2.40. The lowest BCUT2D eigenvalue weighted by Gasteiger charge is -2.25. The molecule has 0 aliphatic heterocycles. The lowest BCUT2D eigenvalue weighted by molar-refractivity contribution is -0.384. The molecule has 0 aliphatic rings. The van der Waals surface area contributed by atoms with Crippen molar-refractivity contribution in [3.05, 3.63) is 94.0 Å². The molecular formula is C25H26N4O6S. The van der Waals surface area contributed by atoms with E-state index in [9.17, 15) is 23.3 Å². The Bertz CT molecular complexity index is 1370. The van der Waals surface area contributed by atoms with Gasteiger partial charge in [-0.3, -0.25) is 19.2 Å². The zero-order valence-corrected chi connectivity index (χ0v) is 20.9. The summed E-state index contributed by atoms with van der Waals surface area (Å²) in [7, 11) is -4.13. The van der Waals surface area contributed by atoms with E-state index in [1.807, 2.05) is 6.92 Å². The first kappa shape index (κ1) is 26.4. The second-order valence-electron chi connectivity index (χ2n) is 7.76. The number of para-hydroxylation sites is 2. The number of hydrazone groups is 1. The van der Waals surface area contributed by atoms with Crippen LogP contribution in [0.25, 0.3) is 0 Å². The number of amides is 1. The fraction of sp³-hybridized carbons (Fsp3) is 0.200. The predicted molar refractivity (Wildman–Crippen MR) is 137 cm³/mol. The van der Waals surface area contributed by atoms with Crippen LogP contribution >= 0.6 is 0 Å². The van der Waals surface area contributed by atoms with Gasteiger partial charge in [0.15, 0.2) is 0 Å². The normalized spacial score (nSPS) is 11.6. The summed E-state index contributed by atoms with van der Waals surface area (Å²) in [6.07, 6.45) is 0. The molecule has 0 heterocycles. The van der Waals surface area contributed by atoms with Crippen LogP contribution in [0, 0.1) is 17.0 Å². The molecule has 0 saturated carbocycles. The molecule has 3 aromatic carbocycles. The van der Waals surface area contributed by atoms with Gasteiger partial charge in [0, 0.05) is 12.1 Å². The Kier molecular flexibility index (Phi) is 8.38. The minimum absolute atomic E-state index is 0.0257. The summed E-state index contributed by atoms with van der Waals surface area (Å²) >= 11 is 0. The number of non-ortho nitro benzene ring substituents is 1. The number of hydrogen-bond acceptors (Lipinski definition) is 7. The largest absolute Gasteiger partial charge is 0.492 e. The van der Waals surface area contributed by atoms with Crippen LogP contribution in [-0.4, -0.2) is 38.1 Å². The summed E-state index contributed by atoms with van der Waals surface area (Å²) in [5.41, 5.74) is 4.36. The van der Waals surface area contributed by atoms with Gasteiger partial charge in [0.1, 0.15) is 12.3 Å². The van der Waals surface area contributed by atoms with E-state index >= 15 is 0 Å². The molecule has 0 saturated heterocycles. The number of aryl methyl sites for hydroxylation is 1. The van der Waals surface area contributed by atoms with Gasteiger partial charge >= 0.3 is 0 Å². The molecule has 0 aliphatic carbocycles. The number of nitrogens with one attached hydrogen (secondary N) is 1. The van der Waals surface area contributed by atoms with E-state index in [0.717, 1.165) is 9.87 Å². The number of anilines is 1. The molecule has 0 aromatic heterocycles. The smallest absolute Gasteiger partial charge is 0.269 e. The molecule has 0 radical (unpaired) electrons. The van der Waals surface area contributed by atoms with Crippen LogP contribution in [-0.2, 0) is 14.8 Å². The van der Waals surface area contributed by atoms with E-state index in [1.165, 1.54) is 36.4 Å². The SMILES string of the molecule is CCOc1ccccc1N(CC(=O)N/N=C(/C)c1ccc([N+](=O)[O-])cc1)S(=O)(=O)c1ccc(C)cc1. The Labute approximate surface area is 209 Å². The van der Waals surface area contributed by atoms with Crippen molar-refractivity contribution in [2.24, 2.45) is 5.10 Å². The number of nitro benzene ring substituents is 1. The number of nitrogens with zero attached hydrogens (tertiary/aromatic N) is 3. The fourth-order valence-corrected chi connectivity index (χ4v) is 4.71. The third-order valence-electron chi connectivity index (χ3n) is 5.17. The first-order chi connectivity index (χ1) is 17.1. The van der Waals surface area contributed by atoms with Crippen LogP contribution in [0.2, 0.25) is 0 Å². The molecule has 36 heavy (non-hydrogen) atoms. The average molecular weight is 511 g/mol. The summed E-state index contributed by atoms with van der Waals surface area (Å²) < 4.78 is 33.8. The van der Waals surface area contributed by atoms with Crippen LogP contribution < -0.4 is 14.5 Å². The average Bonchev–Trinajstić information content (AvgIpc) is 2.86. The minimum atomic E-state index is -4.13. The van der Waals surface area contributed by atoms with Crippen molar-refractivity contribution in [2.45, 2.75) is 25.7 Å². The van der Waals surface area contributed by atoms with Crippen LogP contribution in [0.15, 0.2) is 82.8 Å². The maximum absolute atomic E-state index is 13.6. The minimum Gasteiger partial charge on any atom is -0.492 e. The highest BCUT2D eigenvalue weighted by Crippen LogP contribution is 2.32. The van der Waals surface area contributed by atoms with Crippen molar-refractivity contribution in [2.75, 3.05) is 17.5 Å². The fourth-order valence-electron chi connectivity index (χ4n) is 3.28. The number of sulfonamides is 1. The number of benzene rings is 3. The molecule has 11 heteroatoms. The van der Waals surface area contributed by atoms with Gasteiger partial charge < -0.3 is 4.74 Å². The maximum Gasteiger partial charge on any atom is 0.269 e. The molecule has 0 spiro atoms. The number of carbonyl (C=O) groups is 1.